The van der Waals surface area contributed by atoms with E-state index in [1.54, 1.807) is 6.26 Å². The van der Waals surface area contributed by atoms with Crippen molar-refractivity contribution in [2.75, 3.05) is 12.0 Å². The van der Waals surface area contributed by atoms with Crippen molar-refractivity contribution in [2.45, 2.75) is 19.5 Å². The molecule has 1 heterocycles. The SMILES string of the molecule is CC(CS(C)=O)NCc1cc(Br)c(Br)o1. The van der Waals surface area contributed by atoms with E-state index in [0.29, 0.717) is 17.0 Å². The number of hydrogen-bond acceptors (Lipinski definition) is 3. The van der Waals surface area contributed by atoms with E-state index in [1.807, 2.05) is 13.0 Å². The first-order chi connectivity index (χ1) is 6.99. The smallest absolute Gasteiger partial charge is 0.183 e. The van der Waals surface area contributed by atoms with Crippen LogP contribution in [0.3, 0.4) is 0 Å². The summed E-state index contributed by atoms with van der Waals surface area (Å²) < 4.78 is 18.0. The molecule has 0 aliphatic heterocycles. The van der Waals surface area contributed by atoms with Crippen LogP contribution < -0.4 is 5.32 Å². The molecule has 2 unspecified atom stereocenters. The topological polar surface area (TPSA) is 42.2 Å². The molecule has 6 heteroatoms. The van der Waals surface area contributed by atoms with Gasteiger partial charge in [0.15, 0.2) is 4.67 Å². The summed E-state index contributed by atoms with van der Waals surface area (Å²) in [4.78, 5) is 0. The fourth-order valence-corrected chi connectivity index (χ4v) is 2.64. The molecule has 0 radical (unpaired) electrons. The van der Waals surface area contributed by atoms with Gasteiger partial charge >= 0.3 is 0 Å². The second-order valence-electron chi connectivity index (χ2n) is 3.36. The maximum atomic E-state index is 11.0. The van der Waals surface area contributed by atoms with Crippen LogP contribution in [-0.2, 0) is 17.3 Å². The highest BCUT2D eigenvalue weighted by Crippen LogP contribution is 2.26. The quantitative estimate of drug-likeness (QED) is 0.879. The van der Waals surface area contributed by atoms with Crippen molar-refractivity contribution >= 4 is 42.7 Å². The van der Waals surface area contributed by atoms with Gasteiger partial charge in [-0.25, -0.2) is 0 Å². The Morgan fingerprint density at radius 1 is 1.60 bits per heavy atom. The highest BCUT2D eigenvalue weighted by atomic mass is 79.9. The zero-order valence-corrected chi connectivity index (χ0v) is 12.5. The molecule has 0 saturated carbocycles. The van der Waals surface area contributed by atoms with Gasteiger partial charge in [-0.3, -0.25) is 4.21 Å². The summed E-state index contributed by atoms with van der Waals surface area (Å²) in [5.74, 6) is 1.51. The van der Waals surface area contributed by atoms with Crippen LogP contribution in [0.1, 0.15) is 12.7 Å². The van der Waals surface area contributed by atoms with Gasteiger partial charge in [-0.2, -0.15) is 0 Å². The number of halogens is 2. The first-order valence-electron chi connectivity index (χ1n) is 4.46. The van der Waals surface area contributed by atoms with E-state index in [9.17, 15) is 4.21 Å². The van der Waals surface area contributed by atoms with Gasteiger partial charge in [-0.1, -0.05) is 0 Å². The molecule has 0 amide bonds. The third-order valence-electron chi connectivity index (χ3n) is 1.81. The van der Waals surface area contributed by atoms with Crippen molar-refractivity contribution in [3.8, 4) is 0 Å². The molecule has 86 valence electrons. The largest absolute Gasteiger partial charge is 0.452 e. The highest BCUT2D eigenvalue weighted by molar-refractivity contribution is 9.13. The third-order valence-corrected chi connectivity index (χ3v) is 4.49. The second-order valence-corrected chi connectivity index (χ2v) is 6.41. The summed E-state index contributed by atoms with van der Waals surface area (Å²) >= 11 is 6.62. The molecule has 0 aliphatic rings. The summed E-state index contributed by atoms with van der Waals surface area (Å²) in [6.07, 6.45) is 1.71. The Hall–Kier alpha value is 0.350. The zero-order valence-electron chi connectivity index (χ0n) is 8.55. The molecule has 1 aromatic rings. The summed E-state index contributed by atoms with van der Waals surface area (Å²) in [6.45, 7) is 2.65. The van der Waals surface area contributed by atoms with Gasteiger partial charge in [0.1, 0.15) is 5.76 Å². The third kappa shape index (κ3) is 4.80. The molecule has 0 aromatic carbocycles. The molecular formula is C9H13Br2NO2S. The van der Waals surface area contributed by atoms with Crippen LogP contribution in [0.4, 0.5) is 0 Å². The minimum absolute atomic E-state index is 0.221. The monoisotopic (exact) mass is 357 g/mol. The van der Waals surface area contributed by atoms with Crippen LogP contribution in [0, 0.1) is 0 Å². The lowest BCUT2D eigenvalue weighted by Crippen LogP contribution is -2.30. The molecule has 1 N–H and O–H groups in total. The van der Waals surface area contributed by atoms with Gasteiger partial charge in [0.25, 0.3) is 0 Å². The first-order valence-corrected chi connectivity index (χ1v) is 7.77. The standard InChI is InChI=1S/C9H13Br2NO2S/c1-6(5-15(2)13)12-4-7-3-8(10)9(11)14-7/h3,6,12H,4-5H2,1-2H3. The predicted octanol–water partition coefficient (Wildman–Crippen LogP) is 2.66. The van der Waals surface area contributed by atoms with E-state index in [-0.39, 0.29) is 6.04 Å². The Labute approximate surface area is 109 Å². The minimum Gasteiger partial charge on any atom is -0.452 e. The molecule has 2 atom stereocenters. The Kier molecular flexibility index (Phi) is 5.52. The molecule has 15 heavy (non-hydrogen) atoms. The van der Waals surface area contributed by atoms with E-state index in [0.717, 1.165) is 10.2 Å². The van der Waals surface area contributed by atoms with Crippen LogP contribution in [0.2, 0.25) is 0 Å². The zero-order chi connectivity index (χ0) is 11.4. The Balaban J connectivity index is 2.40. The number of furan rings is 1. The highest BCUT2D eigenvalue weighted by Gasteiger charge is 2.08. The van der Waals surface area contributed by atoms with Crippen LogP contribution >= 0.6 is 31.9 Å². The fourth-order valence-electron chi connectivity index (χ4n) is 1.16. The fraction of sp³-hybridized carbons (Fsp3) is 0.556. The van der Waals surface area contributed by atoms with E-state index in [2.05, 4.69) is 37.2 Å². The molecule has 0 bridgehead atoms. The lowest BCUT2D eigenvalue weighted by Gasteiger charge is -2.10. The predicted molar refractivity (Wildman–Crippen MR) is 69.3 cm³/mol. The normalized spacial score (nSPS) is 15.2. The van der Waals surface area contributed by atoms with Crippen LogP contribution in [0.15, 0.2) is 19.6 Å². The van der Waals surface area contributed by atoms with E-state index in [1.165, 1.54) is 0 Å². The molecule has 0 aliphatic carbocycles. The van der Waals surface area contributed by atoms with Crippen molar-refractivity contribution in [1.82, 2.24) is 5.32 Å². The van der Waals surface area contributed by atoms with Gasteiger partial charge in [0.2, 0.25) is 0 Å². The number of rotatable bonds is 5. The van der Waals surface area contributed by atoms with Gasteiger partial charge in [0.05, 0.1) is 11.0 Å². The molecule has 0 fully saturated rings. The Morgan fingerprint density at radius 2 is 2.27 bits per heavy atom. The molecule has 0 spiro atoms. The molecule has 1 aromatic heterocycles. The van der Waals surface area contributed by atoms with E-state index in [4.69, 9.17) is 4.42 Å². The van der Waals surface area contributed by atoms with Crippen LogP contribution in [0.25, 0.3) is 0 Å². The average Bonchev–Trinajstić information content (AvgIpc) is 2.42. The van der Waals surface area contributed by atoms with Gasteiger partial charge in [0, 0.05) is 28.9 Å². The minimum atomic E-state index is -0.764. The number of nitrogens with one attached hydrogen (secondary N) is 1. The Morgan fingerprint density at radius 3 is 2.73 bits per heavy atom. The molecule has 0 saturated heterocycles. The first kappa shape index (κ1) is 13.4. The van der Waals surface area contributed by atoms with Crippen molar-refractivity contribution in [2.24, 2.45) is 0 Å². The summed E-state index contributed by atoms with van der Waals surface area (Å²) in [5, 5.41) is 3.24. The van der Waals surface area contributed by atoms with Crippen LogP contribution in [-0.4, -0.2) is 22.3 Å². The van der Waals surface area contributed by atoms with Gasteiger partial charge < -0.3 is 9.73 Å². The van der Waals surface area contributed by atoms with Crippen molar-refractivity contribution in [3.05, 3.63) is 21.0 Å². The lowest BCUT2D eigenvalue weighted by atomic mass is 10.3. The maximum absolute atomic E-state index is 11.0. The van der Waals surface area contributed by atoms with Crippen molar-refractivity contribution < 1.29 is 8.63 Å². The van der Waals surface area contributed by atoms with Gasteiger partial charge in [-0.05, 0) is 44.8 Å². The average molecular weight is 359 g/mol. The Bertz CT molecular complexity index is 334. The lowest BCUT2D eigenvalue weighted by molar-refractivity contribution is 0.450. The second kappa shape index (κ2) is 6.18. The summed E-state index contributed by atoms with van der Waals surface area (Å²) in [5.41, 5.74) is 0. The van der Waals surface area contributed by atoms with E-state index < -0.39 is 10.8 Å². The van der Waals surface area contributed by atoms with Crippen LogP contribution in [0.5, 0.6) is 0 Å². The molecular weight excluding hydrogens is 346 g/mol. The molecule has 1 rings (SSSR count). The summed E-state index contributed by atoms with van der Waals surface area (Å²) in [7, 11) is -0.764. The van der Waals surface area contributed by atoms with E-state index >= 15 is 0 Å². The summed E-state index contributed by atoms with van der Waals surface area (Å²) in [6, 6.07) is 2.13. The van der Waals surface area contributed by atoms with Crippen molar-refractivity contribution in [3.63, 3.8) is 0 Å². The number of hydrogen-bond donors (Lipinski definition) is 1. The maximum Gasteiger partial charge on any atom is 0.183 e. The van der Waals surface area contributed by atoms with Gasteiger partial charge in [-0.15, -0.1) is 0 Å². The van der Waals surface area contributed by atoms with Crippen molar-refractivity contribution in [1.29, 1.82) is 0 Å². The molecule has 3 nitrogen and oxygen atoms in total.